The van der Waals surface area contributed by atoms with Gasteiger partial charge in [-0.05, 0) is 18.4 Å². The predicted octanol–water partition coefficient (Wildman–Crippen LogP) is 1.72. The zero-order valence-corrected chi connectivity index (χ0v) is 15.4. The number of carboxylic acid groups (broad SMARTS) is 1. The number of nitrogens with zero attached hydrogens (tertiary/aromatic N) is 2. The smallest absolute Gasteiger partial charge is 0.310 e. The Kier molecular flexibility index (Phi) is 5.27. The quantitative estimate of drug-likeness (QED) is 0.855. The normalized spacial score (nSPS) is 30.9. The monoisotopic (exact) mass is 370 g/mol. The van der Waals surface area contributed by atoms with Crippen LogP contribution in [0.25, 0.3) is 6.08 Å². The fraction of sp³-hybridized carbons (Fsp3) is 0.524. The number of rotatable bonds is 5. The third-order valence-corrected chi connectivity index (χ3v) is 6.00. The summed E-state index contributed by atoms with van der Waals surface area (Å²) < 4.78 is 5.74. The number of piperazine rings is 1. The van der Waals surface area contributed by atoms with E-state index in [-0.39, 0.29) is 18.1 Å². The van der Waals surface area contributed by atoms with Crippen molar-refractivity contribution in [1.29, 1.82) is 0 Å². The van der Waals surface area contributed by atoms with Crippen molar-refractivity contribution in [2.45, 2.75) is 25.0 Å². The van der Waals surface area contributed by atoms with Crippen LogP contribution in [0.1, 0.15) is 18.4 Å². The van der Waals surface area contributed by atoms with Crippen LogP contribution in [0.2, 0.25) is 0 Å². The SMILES string of the molecule is O=C(O)[C@@H]1[C@@H](C(=O)N2CCN(C/C=C/c3ccccc3)CC2)[C@@H]2CC[C@@H]1O2. The van der Waals surface area contributed by atoms with Crippen LogP contribution in [0.3, 0.4) is 0 Å². The molecule has 144 valence electrons. The molecule has 1 aromatic rings. The summed E-state index contributed by atoms with van der Waals surface area (Å²) in [6.45, 7) is 3.77. The van der Waals surface area contributed by atoms with Gasteiger partial charge in [-0.2, -0.15) is 0 Å². The lowest BCUT2D eigenvalue weighted by Crippen LogP contribution is -2.53. The molecule has 3 aliphatic heterocycles. The first kappa shape index (κ1) is 18.2. The van der Waals surface area contributed by atoms with Gasteiger partial charge in [-0.3, -0.25) is 14.5 Å². The van der Waals surface area contributed by atoms with Crippen molar-refractivity contribution in [2.75, 3.05) is 32.7 Å². The number of carboxylic acids is 1. The second-order valence-corrected chi connectivity index (χ2v) is 7.62. The molecule has 0 aliphatic carbocycles. The van der Waals surface area contributed by atoms with Crippen molar-refractivity contribution in [2.24, 2.45) is 11.8 Å². The Bertz CT molecular complexity index is 712. The summed E-state index contributed by atoms with van der Waals surface area (Å²) in [7, 11) is 0. The molecule has 4 atom stereocenters. The first-order valence-corrected chi connectivity index (χ1v) is 9.74. The van der Waals surface area contributed by atoms with Gasteiger partial charge in [0, 0.05) is 32.7 Å². The highest BCUT2D eigenvalue weighted by Gasteiger charge is 2.56. The summed E-state index contributed by atoms with van der Waals surface area (Å²) in [4.78, 5) is 28.7. The van der Waals surface area contributed by atoms with Gasteiger partial charge in [-0.1, -0.05) is 42.5 Å². The lowest BCUT2D eigenvalue weighted by Gasteiger charge is -2.37. The predicted molar refractivity (Wildman–Crippen MR) is 101 cm³/mol. The van der Waals surface area contributed by atoms with Crippen LogP contribution in [-0.2, 0) is 14.3 Å². The zero-order valence-electron chi connectivity index (χ0n) is 15.4. The first-order valence-electron chi connectivity index (χ1n) is 9.74. The molecule has 0 radical (unpaired) electrons. The average molecular weight is 370 g/mol. The molecule has 0 saturated carbocycles. The largest absolute Gasteiger partial charge is 0.481 e. The fourth-order valence-corrected chi connectivity index (χ4v) is 4.57. The molecule has 3 aliphatic rings. The van der Waals surface area contributed by atoms with Crippen LogP contribution in [0.5, 0.6) is 0 Å². The van der Waals surface area contributed by atoms with Crippen molar-refractivity contribution in [3.63, 3.8) is 0 Å². The Balaban J connectivity index is 1.29. The number of ether oxygens (including phenoxy) is 1. The molecule has 0 aromatic heterocycles. The van der Waals surface area contributed by atoms with E-state index in [1.54, 1.807) is 0 Å². The summed E-state index contributed by atoms with van der Waals surface area (Å²) in [6.07, 6.45) is 5.32. The van der Waals surface area contributed by atoms with E-state index in [4.69, 9.17) is 4.74 Å². The van der Waals surface area contributed by atoms with Crippen molar-refractivity contribution in [1.82, 2.24) is 9.80 Å². The zero-order chi connectivity index (χ0) is 18.8. The second kappa shape index (κ2) is 7.82. The van der Waals surface area contributed by atoms with Crippen molar-refractivity contribution in [3.8, 4) is 0 Å². The van der Waals surface area contributed by atoms with Crippen LogP contribution in [0.15, 0.2) is 36.4 Å². The van der Waals surface area contributed by atoms with Crippen LogP contribution < -0.4 is 0 Å². The van der Waals surface area contributed by atoms with Gasteiger partial charge in [-0.15, -0.1) is 0 Å². The molecule has 0 spiro atoms. The number of hydrogen-bond acceptors (Lipinski definition) is 4. The van der Waals surface area contributed by atoms with Gasteiger partial charge < -0.3 is 14.7 Å². The molecule has 4 rings (SSSR count). The molecular formula is C21H26N2O4. The summed E-state index contributed by atoms with van der Waals surface area (Å²) in [5.41, 5.74) is 1.18. The molecular weight excluding hydrogens is 344 g/mol. The molecule has 1 amide bonds. The van der Waals surface area contributed by atoms with E-state index in [0.29, 0.717) is 13.1 Å². The molecule has 0 unspecified atom stereocenters. The Morgan fingerprint density at radius 1 is 1.04 bits per heavy atom. The van der Waals surface area contributed by atoms with E-state index >= 15 is 0 Å². The summed E-state index contributed by atoms with van der Waals surface area (Å²) >= 11 is 0. The average Bonchev–Trinajstić information content (AvgIpc) is 3.30. The van der Waals surface area contributed by atoms with E-state index in [1.165, 1.54) is 5.56 Å². The molecule has 1 aromatic carbocycles. The molecule has 6 heteroatoms. The molecule has 3 heterocycles. The number of carbonyl (C=O) groups is 2. The summed E-state index contributed by atoms with van der Waals surface area (Å²) in [5.74, 6) is -2.12. The highest BCUT2D eigenvalue weighted by molar-refractivity contribution is 5.86. The van der Waals surface area contributed by atoms with Crippen LogP contribution in [0, 0.1) is 11.8 Å². The molecule has 3 fully saturated rings. The molecule has 1 N–H and O–H groups in total. The number of carbonyl (C=O) groups excluding carboxylic acids is 1. The minimum absolute atomic E-state index is 0.0333. The first-order chi connectivity index (χ1) is 13.1. The maximum atomic E-state index is 13.0. The van der Waals surface area contributed by atoms with E-state index in [9.17, 15) is 14.7 Å². The Morgan fingerprint density at radius 2 is 1.70 bits per heavy atom. The molecule has 6 nitrogen and oxygen atoms in total. The van der Waals surface area contributed by atoms with Gasteiger partial charge in [0.1, 0.15) is 0 Å². The van der Waals surface area contributed by atoms with E-state index in [2.05, 4.69) is 29.2 Å². The number of fused-ring (bicyclic) bond motifs is 2. The van der Waals surface area contributed by atoms with E-state index in [1.807, 2.05) is 23.1 Å². The standard InChI is InChI=1S/C21H26N2O4/c24-20(18-16-8-9-17(27-16)19(18)21(25)26)23-13-11-22(12-14-23)10-4-7-15-5-2-1-3-6-15/h1-7,16-19H,8-14H2,(H,25,26)/b7-4+/t16-,17-,18-,19-/m0/s1. The van der Waals surface area contributed by atoms with Crippen LogP contribution in [0.4, 0.5) is 0 Å². The van der Waals surface area contributed by atoms with E-state index < -0.39 is 17.8 Å². The Labute approximate surface area is 159 Å². The Morgan fingerprint density at radius 3 is 2.37 bits per heavy atom. The highest BCUT2D eigenvalue weighted by atomic mass is 16.5. The van der Waals surface area contributed by atoms with Crippen molar-refractivity contribution >= 4 is 18.0 Å². The number of aliphatic carboxylic acids is 1. The topological polar surface area (TPSA) is 70.1 Å². The fourth-order valence-electron chi connectivity index (χ4n) is 4.57. The summed E-state index contributed by atoms with van der Waals surface area (Å²) in [5, 5.41) is 9.52. The van der Waals surface area contributed by atoms with Crippen LogP contribution >= 0.6 is 0 Å². The maximum Gasteiger partial charge on any atom is 0.310 e. The number of amides is 1. The van der Waals surface area contributed by atoms with Gasteiger partial charge in [0.05, 0.1) is 24.0 Å². The third-order valence-electron chi connectivity index (χ3n) is 6.00. The maximum absolute atomic E-state index is 13.0. The van der Waals surface area contributed by atoms with Crippen molar-refractivity contribution in [3.05, 3.63) is 42.0 Å². The molecule has 2 bridgehead atoms. The van der Waals surface area contributed by atoms with E-state index in [0.717, 1.165) is 32.5 Å². The molecule has 27 heavy (non-hydrogen) atoms. The number of benzene rings is 1. The van der Waals surface area contributed by atoms with Gasteiger partial charge in [0.15, 0.2) is 0 Å². The number of hydrogen-bond donors (Lipinski definition) is 1. The third kappa shape index (κ3) is 3.77. The van der Waals surface area contributed by atoms with Gasteiger partial charge in [0.2, 0.25) is 5.91 Å². The minimum atomic E-state index is -0.898. The van der Waals surface area contributed by atoms with Gasteiger partial charge >= 0.3 is 5.97 Å². The highest BCUT2D eigenvalue weighted by Crippen LogP contribution is 2.44. The lowest BCUT2D eigenvalue weighted by molar-refractivity contribution is -0.151. The minimum Gasteiger partial charge on any atom is -0.481 e. The molecule has 3 saturated heterocycles. The Hall–Kier alpha value is -2.18. The van der Waals surface area contributed by atoms with Crippen LogP contribution in [-0.4, -0.2) is 71.7 Å². The lowest BCUT2D eigenvalue weighted by atomic mass is 9.78. The second-order valence-electron chi connectivity index (χ2n) is 7.62. The van der Waals surface area contributed by atoms with Gasteiger partial charge in [0.25, 0.3) is 0 Å². The van der Waals surface area contributed by atoms with Gasteiger partial charge in [-0.25, -0.2) is 0 Å². The summed E-state index contributed by atoms with van der Waals surface area (Å²) in [6, 6.07) is 10.2. The van der Waals surface area contributed by atoms with Crippen molar-refractivity contribution < 1.29 is 19.4 Å².